The average molecular weight is 538 g/mol. The lowest BCUT2D eigenvalue weighted by Gasteiger charge is -2.38. The van der Waals surface area contributed by atoms with Crippen LogP contribution in [0.5, 0.6) is 11.5 Å². The van der Waals surface area contributed by atoms with Gasteiger partial charge in [0.05, 0.1) is 10.5 Å². The molecule has 7 nitrogen and oxygen atoms in total. The summed E-state index contributed by atoms with van der Waals surface area (Å²) in [6, 6.07) is 7.39. The maximum absolute atomic E-state index is 13.0. The molecule has 38 heavy (non-hydrogen) atoms. The van der Waals surface area contributed by atoms with E-state index in [4.69, 9.17) is 14.2 Å². The van der Waals surface area contributed by atoms with Gasteiger partial charge in [0.15, 0.2) is 0 Å². The van der Waals surface area contributed by atoms with E-state index in [1.54, 1.807) is 6.08 Å². The number of esters is 1. The number of imide groups is 1. The summed E-state index contributed by atoms with van der Waals surface area (Å²) in [5, 5.41) is -0.273. The molecule has 0 saturated carbocycles. The van der Waals surface area contributed by atoms with E-state index in [1.807, 2.05) is 72.7 Å². The molecule has 2 aliphatic rings. The van der Waals surface area contributed by atoms with Crippen LogP contribution in [-0.4, -0.2) is 46.9 Å². The van der Waals surface area contributed by atoms with Gasteiger partial charge in [0.25, 0.3) is 11.1 Å². The Balaban J connectivity index is 1.47. The van der Waals surface area contributed by atoms with Gasteiger partial charge in [-0.25, -0.2) is 4.79 Å². The van der Waals surface area contributed by atoms with Crippen molar-refractivity contribution in [2.45, 2.75) is 72.5 Å². The Hall–Kier alpha value is -3.26. The molecule has 0 spiro atoms. The zero-order valence-electron chi connectivity index (χ0n) is 23.3. The first-order chi connectivity index (χ1) is 17.7. The van der Waals surface area contributed by atoms with Crippen LogP contribution >= 0.6 is 11.8 Å². The highest BCUT2D eigenvalue weighted by Gasteiger charge is 2.37. The molecule has 1 saturated heterocycles. The molecule has 1 unspecified atom stereocenters. The van der Waals surface area contributed by atoms with Gasteiger partial charge in [-0.3, -0.25) is 14.5 Å². The zero-order chi connectivity index (χ0) is 28.0. The third kappa shape index (κ3) is 5.60. The van der Waals surface area contributed by atoms with Gasteiger partial charge in [-0.1, -0.05) is 12.1 Å². The lowest BCUT2D eigenvalue weighted by molar-refractivity contribution is -0.121. The summed E-state index contributed by atoms with van der Waals surface area (Å²) in [5.41, 5.74) is 4.11. The van der Waals surface area contributed by atoms with Gasteiger partial charge in [0, 0.05) is 7.05 Å². The standard InChI is InChI=1S/C30H35NO6S/c1-17-18(2)25-22(19(3)24(17)27(33)37-29(4,5)6)13-14-30(7,36-25)16-35-21-11-9-20(10-12-21)15-23-26(32)31(8)28(34)38-23/h9-12,15H,13-14,16H2,1-8H3/b23-15-. The van der Waals surface area contributed by atoms with E-state index in [9.17, 15) is 14.4 Å². The smallest absolute Gasteiger partial charge is 0.339 e. The van der Waals surface area contributed by atoms with Crippen LogP contribution in [0.2, 0.25) is 0 Å². The Morgan fingerprint density at radius 1 is 1.11 bits per heavy atom. The number of likely N-dealkylation sites (N-methyl/N-ethyl adjacent to an activating group) is 1. The van der Waals surface area contributed by atoms with Crippen molar-refractivity contribution in [1.82, 2.24) is 4.90 Å². The summed E-state index contributed by atoms with van der Waals surface area (Å²) in [5.74, 6) is 0.918. The molecular weight excluding hydrogens is 502 g/mol. The summed E-state index contributed by atoms with van der Waals surface area (Å²) in [7, 11) is 1.48. The van der Waals surface area contributed by atoms with E-state index in [0.29, 0.717) is 22.8 Å². The van der Waals surface area contributed by atoms with Crippen molar-refractivity contribution >= 4 is 35.0 Å². The summed E-state index contributed by atoms with van der Waals surface area (Å²) >= 11 is 0.936. The number of carbonyl (C=O) groups is 3. The normalized spacial score (nSPS) is 20.4. The topological polar surface area (TPSA) is 82.1 Å². The minimum absolute atomic E-state index is 0.273. The molecule has 0 aromatic heterocycles. The molecule has 2 aromatic rings. The highest BCUT2D eigenvalue weighted by molar-refractivity contribution is 8.18. The Morgan fingerprint density at radius 2 is 1.76 bits per heavy atom. The molecule has 0 radical (unpaired) electrons. The van der Waals surface area contributed by atoms with Crippen molar-refractivity contribution in [3.63, 3.8) is 0 Å². The molecular formula is C30H35NO6S. The maximum Gasteiger partial charge on any atom is 0.339 e. The van der Waals surface area contributed by atoms with Crippen LogP contribution < -0.4 is 9.47 Å². The molecule has 202 valence electrons. The molecule has 2 heterocycles. The van der Waals surface area contributed by atoms with Gasteiger partial charge >= 0.3 is 5.97 Å². The second kappa shape index (κ2) is 10.1. The van der Waals surface area contributed by atoms with E-state index in [1.165, 1.54) is 7.05 Å². The molecule has 2 amide bonds. The zero-order valence-corrected chi connectivity index (χ0v) is 24.1. The van der Waals surface area contributed by atoms with Crippen LogP contribution in [0.15, 0.2) is 29.2 Å². The van der Waals surface area contributed by atoms with Crippen LogP contribution in [0.1, 0.15) is 72.3 Å². The van der Waals surface area contributed by atoms with Crippen LogP contribution in [0.4, 0.5) is 4.79 Å². The molecule has 2 aliphatic heterocycles. The van der Waals surface area contributed by atoms with Crippen LogP contribution in [-0.2, 0) is 16.0 Å². The quantitative estimate of drug-likeness (QED) is 0.323. The number of ether oxygens (including phenoxy) is 3. The van der Waals surface area contributed by atoms with Gasteiger partial charge in [0.2, 0.25) is 0 Å². The number of hydrogen-bond donors (Lipinski definition) is 0. The number of nitrogens with zero attached hydrogens (tertiary/aromatic N) is 1. The van der Waals surface area contributed by atoms with Gasteiger partial charge in [-0.05, 0) is 119 Å². The van der Waals surface area contributed by atoms with Crippen molar-refractivity contribution in [3.8, 4) is 11.5 Å². The van der Waals surface area contributed by atoms with Crippen LogP contribution in [0, 0.1) is 20.8 Å². The van der Waals surface area contributed by atoms with E-state index in [-0.39, 0.29) is 17.1 Å². The summed E-state index contributed by atoms with van der Waals surface area (Å²) in [6.07, 6.45) is 3.21. The Labute approximate surface area is 228 Å². The molecule has 1 fully saturated rings. The van der Waals surface area contributed by atoms with Gasteiger partial charge in [0.1, 0.15) is 29.3 Å². The predicted octanol–water partition coefficient (Wildman–Crippen LogP) is 6.40. The molecule has 0 bridgehead atoms. The van der Waals surface area contributed by atoms with E-state index < -0.39 is 11.2 Å². The summed E-state index contributed by atoms with van der Waals surface area (Å²) in [4.78, 5) is 38.3. The van der Waals surface area contributed by atoms with Crippen molar-refractivity contribution in [2.24, 2.45) is 0 Å². The molecule has 8 heteroatoms. The number of amides is 2. The number of thioether (sulfide) groups is 1. The van der Waals surface area contributed by atoms with Gasteiger partial charge < -0.3 is 14.2 Å². The highest BCUT2D eigenvalue weighted by Crippen LogP contribution is 2.41. The van der Waals surface area contributed by atoms with Crippen molar-refractivity contribution < 1.29 is 28.6 Å². The molecule has 4 rings (SSSR count). The summed E-state index contributed by atoms with van der Waals surface area (Å²) < 4.78 is 18.3. The predicted molar refractivity (Wildman–Crippen MR) is 149 cm³/mol. The first-order valence-electron chi connectivity index (χ1n) is 12.7. The van der Waals surface area contributed by atoms with E-state index in [0.717, 1.165) is 63.1 Å². The minimum atomic E-state index is -0.566. The van der Waals surface area contributed by atoms with Crippen molar-refractivity contribution in [1.29, 1.82) is 0 Å². The highest BCUT2D eigenvalue weighted by atomic mass is 32.2. The number of hydrogen-bond acceptors (Lipinski definition) is 7. The number of benzene rings is 2. The minimum Gasteiger partial charge on any atom is -0.489 e. The Bertz CT molecular complexity index is 1340. The lowest BCUT2D eigenvalue weighted by Crippen LogP contribution is -2.42. The number of fused-ring (bicyclic) bond motifs is 1. The fourth-order valence-electron chi connectivity index (χ4n) is 4.64. The third-order valence-corrected chi connectivity index (χ3v) is 7.90. The van der Waals surface area contributed by atoms with E-state index in [2.05, 4.69) is 0 Å². The first-order valence-corrected chi connectivity index (χ1v) is 13.5. The third-order valence-electron chi connectivity index (χ3n) is 6.94. The molecule has 1 atom stereocenters. The Kier molecular flexibility index (Phi) is 7.40. The maximum atomic E-state index is 13.0. The molecule has 0 N–H and O–H groups in total. The molecule has 2 aromatic carbocycles. The van der Waals surface area contributed by atoms with Crippen LogP contribution in [0.25, 0.3) is 6.08 Å². The lowest BCUT2D eigenvalue weighted by atomic mass is 9.85. The average Bonchev–Trinajstić information content (AvgIpc) is 3.07. The molecule has 0 aliphatic carbocycles. The fourth-order valence-corrected chi connectivity index (χ4v) is 5.47. The SMILES string of the molecule is Cc1c(C)c(C(=O)OC(C)(C)C)c(C)c2c1OC(C)(COc1ccc(/C=C3\SC(=O)N(C)C3=O)cc1)CC2. The fraction of sp³-hybridized carbons (Fsp3) is 0.433. The second-order valence-electron chi connectivity index (χ2n) is 11.2. The van der Waals surface area contributed by atoms with Crippen molar-refractivity contribution in [3.05, 3.63) is 62.6 Å². The second-order valence-corrected chi connectivity index (χ2v) is 12.2. The number of rotatable bonds is 5. The van der Waals surface area contributed by atoms with Crippen molar-refractivity contribution in [2.75, 3.05) is 13.7 Å². The van der Waals surface area contributed by atoms with Gasteiger partial charge in [-0.2, -0.15) is 0 Å². The van der Waals surface area contributed by atoms with Gasteiger partial charge in [-0.15, -0.1) is 0 Å². The number of carbonyl (C=O) groups excluding carboxylic acids is 3. The first kappa shape index (κ1) is 27.8. The largest absolute Gasteiger partial charge is 0.489 e. The monoisotopic (exact) mass is 537 g/mol. The van der Waals surface area contributed by atoms with E-state index >= 15 is 0 Å². The summed E-state index contributed by atoms with van der Waals surface area (Å²) in [6.45, 7) is 13.9. The van der Waals surface area contributed by atoms with Crippen LogP contribution in [0.3, 0.4) is 0 Å². The Morgan fingerprint density at radius 3 is 2.34 bits per heavy atom.